The maximum Gasteiger partial charge on any atom is 0.409 e. The number of fused-ring (bicyclic) bond motifs is 1. The summed E-state index contributed by atoms with van der Waals surface area (Å²) in [7, 11) is 3.03. The molecular weight excluding hydrogens is 546 g/mol. The van der Waals surface area contributed by atoms with Gasteiger partial charge in [-0.25, -0.2) is 18.6 Å². The number of aliphatic hydroxyl groups is 1. The number of aromatic nitrogens is 4. The van der Waals surface area contributed by atoms with Crippen molar-refractivity contribution in [3.8, 4) is 11.3 Å². The lowest BCUT2D eigenvalue weighted by Gasteiger charge is -2.45. The molecule has 4 aromatic rings. The molecule has 3 aromatic heterocycles. The topological polar surface area (TPSA) is 134 Å². The first-order valence-electron chi connectivity index (χ1n) is 13.5. The first-order chi connectivity index (χ1) is 19.9. The Labute approximate surface area is 241 Å². The quantitative estimate of drug-likeness (QED) is 0.311. The van der Waals surface area contributed by atoms with E-state index in [1.807, 2.05) is 13.0 Å². The maximum atomic E-state index is 15.1. The zero-order valence-electron chi connectivity index (χ0n) is 24.0. The van der Waals surface area contributed by atoms with Gasteiger partial charge in [0.05, 0.1) is 59.3 Å². The van der Waals surface area contributed by atoms with Crippen LogP contribution in [0.25, 0.3) is 16.8 Å². The second-order valence-electron chi connectivity index (χ2n) is 11.1. The molecule has 1 aliphatic heterocycles. The van der Waals surface area contributed by atoms with Gasteiger partial charge in [0.1, 0.15) is 11.6 Å². The first kappa shape index (κ1) is 29.1. The standard InChI is InChI=1S/C29H34F2N8O3/c1-16-14-38(15-21(32)26(16)37(4)28(40)42-5)24-8-9-33-13-23(24)35-27-34-12-18-6-7-22(36-39(18)27)25-19(30)10-17(11-20(25)31)29(2,3)41/h6-13,16,21,26,41H,14-15,32H2,1-5H3,(H,34,35)/t16-,21+,26-/m0/s1. The van der Waals surface area contributed by atoms with E-state index in [9.17, 15) is 9.90 Å². The lowest BCUT2D eigenvalue weighted by molar-refractivity contribution is 0.0778. The summed E-state index contributed by atoms with van der Waals surface area (Å²) >= 11 is 0. The third kappa shape index (κ3) is 5.44. The van der Waals surface area contributed by atoms with Gasteiger partial charge in [0, 0.05) is 32.4 Å². The monoisotopic (exact) mass is 580 g/mol. The van der Waals surface area contributed by atoms with Crippen molar-refractivity contribution in [1.82, 2.24) is 24.5 Å². The third-order valence-corrected chi connectivity index (χ3v) is 7.64. The molecule has 1 saturated heterocycles. The molecule has 42 heavy (non-hydrogen) atoms. The van der Waals surface area contributed by atoms with Gasteiger partial charge in [-0.2, -0.15) is 9.61 Å². The minimum atomic E-state index is -1.41. The number of imidazole rings is 1. The van der Waals surface area contributed by atoms with E-state index >= 15 is 8.78 Å². The van der Waals surface area contributed by atoms with Gasteiger partial charge in [0.2, 0.25) is 5.95 Å². The van der Waals surface area contributed by atoms with Crippen LogP contribution in [0.2, 0.25) is 0 Å². The van der Waals surface area contributed by atoms with E-state index in [1.165, 1.54) is 31.5 Å². The van der Waals surface area contributed by atoms with Gasteiger partial charge in [-0.15, -0.1) is 0 Å². The number of nitrogens with zero attached hydrogens (tertiary/aromatic N) is 6. The molecule has 0 saturated carbocycles. The number of halogens is 2. The number of nitrogens with one attached hydrogen (secondary N) is 1. The summed E-state index contributed by atoms with van der Waals surface area (Å²) in [4.78, 5) is 24.5. The molecule has 0 spiro atoms. The van der Waals surface area contributed by atoms with E-state index in [1.54, 1.807) is 36.6 Å². The number of nitrogens with two attached hydrogens (primary N) is 1. The summed E-state index contributed by atoms with van der Waals surface area (Å²) in [6.07, 6.45) is 4.48. The maximum absolute atomic E-state index is 15.1. The van der Waals surface area contributed by atoms with Crippen molar-refractivity contribution in [1.29, 1.82) is 0 Å². The number of pyridine rings is 1. The van der Waals surface area contributed by atoms with Crippen LogP contribution in [-0.2, 0) is 10.3 Å². The number of ether oxygens (including phenoxy) is 1. The lowest BCUT2D eigenvalue weighted by atomic mass is 9.89. The Hall–Kier alpha value is -4.36. The zero-order valence-corrected chi connectivity index (χ0v) is 24.0. The zero-order chi connectivity index (χ0) is 30.3. The molecule has 1 aromatic carbocycles. The van der Waals surface area contributed by atoms with Crippen molar-refractivity contribution >= 4 is 28.9 Å². The number of rotatable bonds is 6. The molecule has 4 heterocycles. The van der Waals surface area contributed by atoms with Gasteiger partial charge >= 0.3 is 6.09 Å². The van der Waals surface area contributed by atoms with E-state index in [-0.39, 0.29) is 34.8 Å². The fourth-order valence-corrected chi connectivity index (χ4v) is 5.60. The van der Waals surface area contributed by atoms with Gasteiger partial charge < -0.3 is 30.7 Å². The molecule has 11 nitrogen and oxygen atoms in total. The Morgan fingerprint density at radius 2 is 1.90 bits per heavy atom. The van der Waals surface area contributed by atoms with Crippen LogP contribution in [-0.4, -0.2) is 75.0 Å². The van der Waals surface area contributed by atoms with Crippen LogP contribution in [0.1, 0.15) is 26.3 Å². The number of carbonyl (C=O) groups excluding carboxylic acids is 1. The molecule has 5 rings (SSSR count). The Balaban J connectivity index is 1.45. The number of anilines is 3. The van der Waals surface area contributed by atoms with Crippen molar-refractivity contribution in [3.05, 3.63) is 66.1 Å². The summed E-state index contributed by atoms with van der Waals surface area (Å²) in [5.41, 5.74) is 7.06. The van der Waals surface area contributed by atoms with Crippen molar-refractivity contribution in [2.24, 2.45) is 11.7 Å². The molecule has 3 atom stereocenters. The number of benzene rings is 1. The van der Waals surface area contributed by atoms with Crippen molar-refractivity contribution in [2.45, 2.75) is 38.5 Å². The summed E-state index contributed by atoms with van der Waals surface area (Å²) in [5.74, 6) is -1.33. The van der Waals surface area contributed by atoms with Gasteiger partial charge in [-0.05, 0) is 55.7 Å². The van der Waals surface area contributed by atoms with Crippen molar-refractivity contribution in [2.75, 3.05) is 37.5 Å². The number of hydrogen-bond donors (Lipinski definition) is 3. The van der Waals surface area contributed by atoms with E-state index in [2.05, 4.69) is 25.3 Å². The predicted molar refractivity (Wildman–Crippen MR) is 154 cm³/mol. The summed E-state index contributed by atoms with van der Waals surface area (Å²) in [6.45, 7) is 6.03. The number of hydrogen-bond acceptors (Lipinski definition) is 9. The minimum absolute atomic E-state index is 0.0305. The first-order valence-corrected chi connectivity index (χ1v) is 13.5. The second kappa shape index (κ2) is 11.1. The van der Waals surface area contributed by atoms with Gasteiger partial charge in [0.15, 0.2) is 0 Å². The highest BCUT2D eigenvalue weighted by molar-refractivity contribution is 5.74. The largest absolute Gasteiger partial charge is 0.453 e. The highest BCUT2D eigenvalue weighted by Gasteiger charge is 2.38. The van der Waals surface area contributed by atoms with E-state index in [0.29, 0.717) is 30.2 Å². The molecule has 4 N–H and O–H groups in total. The number of likely N-dealkylation sites (N-methyl/N-ethyl adjacent to an activating group) is 1. The van der Waals surface area contributed by atoms with Crippen molar-refractivity contribution in [3.63, 3.8) is 0 Å². The Morgan fingerprint density at radius 1 is 1.19 bits per heavy atom. The summed E-state index contributed by atoms with van der Waals surface area (Å²) < 4.78 is 36.5. The molecule has 1 aliphatic rings. The van der Waals surface area contributed by atoms with E-state index in [0.717, 1.165) is 17.8 Å². The molecule has 0 unspecified atom stereocenters. The summed E-state index contributed by atoms with van der Waals surface area (Å²) in [6, 6.07) is 6.70. The van der Waals surface area contributed by atoms with Crippen LogP contribution < -0.4 is 16.0 Å². The molecule has 0 bridgehead atoms. The van der Waals surface area contributed by atoms with E-state index in [4.69, 9.17) is 10.5 Å². The van der Waals surface area contributed by atoms with Crippen LogP contribution in [0.3, 0.4) is 0 Å². The van der Waals surface area contributed by atoms with Gasteiger partial charge in [-0.3, -0.25) is 4.98 Å². The Bertz CT molecular complexity index is 1590. The second-order valence-corrected chi connectivity index (χ2v) is 11.1. The Kier molecular flexibility index (Phi) is 7.73. The molecule has 1 fully saturated rings. The molecule has 0 aliphatic carbocycles. The lowest BCUT2D eigenvalue weighted by Crippen LogP contribution is -2.62. The third-order valence-electron chi connectivity index (χ3n) is 7.64. The SMILES string of the molecule is COC(=O)N(C)[C@@H]1[C@H](N)CN(c2ccncc2Nc2ncc3ccc(-c4c(F)cc(C(C)(C)O)cc4F)nn23)C[C@@H]1C. The number of carbonyl (C=O) groups is 1. The highest BCUT2D eigenvalue weighted by atomic mass is 19.1. The van der Waals surface area contributed by atoms with Crippen LogP contribution in [0, 0.1) is 17.6 Å². The highest BCUT2D eigenvalue weighted by Crippen LogP contribution is 2.33. The van der Waals surface area contributed by atoms with Crippen LogP contribution in [0.4, 0.5) is 30.9 Å². The average molecular weight is 581 g/mol. The predicted octanol–water partition coefficient (Wildman–Crippen LogP) is 3.89. The van der Waals surface area contributed by atoms with Gasteiger partial charge in [0.25, 0.3) is 0 Å². The number of amides is 1. The number of methoxy groups -OCH3 is 1. The molecule has 0 radical (unpaired) electrons. The molecule has 1 amide bonds. The number of piperidine rings is 1. The van der Waals surface area contributed by atoms with Crippen molar-refractivity contribution < 1.29 is 23.4 Å². The fourth-order valence-electron chi connectivity index (χ4n) is 5.60. The van der Waals surface area contributed by atoms with Gasteiger partial charge in [-0.1, -0.05) is 6.92 Å². The molecule has 13 heteroatoms. The fraction of sp³-hybridized carbons (Fsp3) is 0.379. The average Bonchev–Trinajstić information content (AvgIpc) is 3.33. The Morgan fingerprint density at radius 3 is 2.55 bits per heavy atom. The smallest absolute Gasteiger partial charge is 0.409 e. The van der Waals surface area contributed by atoms with E-state index < -0.39 is 23.3 Å². The minimum Gasteiger partial charge on any atom is -0.453 e. The molecular formula is C29H34F2N8O3. The van der Waals surface area contributed by atoms with Crippen LogP contribution in [0.15, 0.2) is 48.9 Å². The summed E-state index contributed by atoms with van der Waals surface area (Å²) in [5, 5.41) is 17.9. The normalized spacial score (nSPS) is 19.2. The van der Waals surface area contributed by atoms with Crippen LogP contribution in [0.5, 0.6) is 0 Å². The molecule has 222 valence electrons. The van der Waals surface area contributed by atoms with Crippen LogP contribution >= 0.6 is 0 Å².